The third kappa shape index (κ3) is 4.79. The molecule has 5 rings (SSSR count). The lowest BCUT2D eigenvalue weighted by atomic mass is 9.95. The summed E-state index contributed by atoms with van der Waals surface area (Å²) in [5.41, 5.74) is 14.2. The number of amides is 1. The first-order valence-electron chi connectivity index (χ1n) is 12.1. The van der Waals surface area contributed by atoms with Crippen LogP contribution in [0, 0.1) is 23.0 Å². The van der Waals surface area contributed by atoms with Crippen molar-refractivity contribution in [3.8, 4) is 39.7 Å². The predicted octanol–water partition coefficient (Wildman–Crippen LogP) is 3.02. The number of carbonyl (C=O) groups excluding carboxylic acids is 1. The average molecular weight is 528 g/mol. The van der Waals surface area contributed by atoms with E-state index in [1.807, 2.05) is 11.0 Å². The standard InChI is InChI=1S/C28H23F2N7O2/c29-22-2-1-3-23(30)25(22)28-35-12-21(26(36-28)27(33)39)19-5-4-15(20-11-34-7-6-16(20)10-31)8-24(19)37-13-17(32)9-18(37)14-38/h1-8,11-12,17-18,38H,9,13-14,32H2,(H2,33,39)/t17-,18-/m0/s1. The van der Waals surface area contributed by atoms with Crippen molar-refractivity contribution in [2.45, 2.75) is 18.5 Å². The zero-order chi connectivity index (χ0) is 27.7. The number of benzene rings is 2. The van der Waals surface area contributed by atoms with Crippen LogP contribution in [0.1, 0.15) is 22.5 Å². The van der Waals surface area contributed by atoms with Crippen LogP contribution < -0.4 is 16.4 Å². The molecule has 1 aliphatic heterocycles. The molecule has 1 amide bonds. The normalized spacial score (nSPS) is 16.7. The molecule has 0 spiro atoms. The highest BCUT2D eigenvalue weighted by atomic mass is 19.1. The van der Waals surface area contributed by atoms with E-state index < -0.39 is 23.1 Å². The van der Waals surface area contributed by atoms with Gasteiger partial charge >= 0.3 is 0 Å². The lowest BCUT2D eigenvalue weighted by Gasteiger charge is -2.28. The van der Waals surface area contributed by atoms with E-state index in [1.165, 1.54) is 18.5 Å². The molecule has 0 unspecified atom stereocenters. The number of aliphatic hydroxyl groups is 1. The number of hydrogen-bond acceptors (Lipinski definition) is 8. The Morgan fingerprint density at radius 2 is 1.90 bits per heavy atom. The summed E-state index contributed by atoms with van der Waals surface area (Å²) in [4.78, 5) is 26.9. The van der Waals surface area contributed by atoms with Crippen LogP contribution in [0.15, 0.2) is 61.1 Å². The van der Waals surface area contributed by atoms with Gasteiger partial charge in [-0.25, -0.2) is 18.7 Å². The summed E-state index contributed by atoms with van der Waals surface area (Å²) >= 11 is 0. The van der Waals surface area contributed by atoms with Crippen LogP contribution in [-0.4, -0.2) is 51.2 Å². The molecule has 11 heteroatoms. The number of halogens is 2. The van der Waals surface area contributed by atoms with Gasteiger partial charge in [-0.1, -0.05) is 18.2 Å². The van der Waals surface area contributed by atoms with Gasteiger partial charge in [0.1, 0.15) is 17.3 Å². The first kappa shape index (κ1) is 25.8. The summed E-state index contributed by atoms with van der Waals surface area (Å²) < 4.78 is 28.9. The van der Waals surface area contributed by atoms with Crippen molar-refractivity contribution in [2.75, 3.05) is 18.1 Å². The Hall–Kier alpha value is -4.79. The van der Waals surface area contributed by atoms with Crippen molar-refractivity contribution >= 4 is 11.6 Å². The Bertz CT molecular complexity index is 1600. The van der Waals surface area contributed by atoms with E-state index in [9.17, 15) is 23.9 Å². The number of aliphatic hydroxyl groups excluding tert-OH is 1. The maximum atomic E-state index is 14.4. The van der Waals surface area contributed by atoms with Crippen LogP contribution in [-0.2, 0) is 0 Å². The molecule has 4 aromatic rings. The Balaban J connectivity index is 1.73. The van der Waals surface area contributed by atoms with Crippen LogP contribution in [0.2, 0.25) is 0 Å². The van der Waals surface area contributed by atoms with Crippen LogP contribution in [0.4, 0.5) is 14.5 Å². The maximum absolute atomic E-state index is 14.4. The number of hydrogen-bond donors (Lipinski definition) is 3. The van der Waals surface area contributed by atoms with E-state index >= 15 is 0 Å². The lowest BCUT2D eigenvalue weighted by molar-refractivity contribution is 0.0996. The van der Waals surface area contributed by atoms with Crippen LogP contribution in [0.5, 0.6) is 0 Å². The second kappa shape index (κ2) is 10.5. The number of nitrogens with two attached hydrogens (primary N) is 2. The Labute approximate surface area is 222 Å². The zero-order valence-electron chi connectivity index (χ0n) is 20.6. The number of primary amides is 1. The summed E-state index contributed by atoms with van der Waals surface area (Å²) in [6, 6.07) is 11.8. The Kier molecular flexibility index (Phi) is 6.98. The maximum Gasteiger partial charge on any atom is 0.268 e. The molecular weight excluding hydrogens is 504 g/mol. The van der Waals surface area contributed by atoms with Gasteiger partial charge in [0.05, 0.1) is 29.8 Å². The predicted molar refractivity (Wildman–Crippen MR) is 140 cm³/mol. The van der Waals surface area contributed by atoms with Gasteiger partial charge in [0, 0.05) is 53.6 Å². The molecule has 0 aliphatic carbocycles. The van der Waals surface area contributed by atoms with Crippen LogP contribution in [0.25, 0.3) is 33.6 Å². The highest BCUT2D eigenvalue weighted by molar-refractivity contribution is 6.00. The molecule has 196 valence electrons. The van der Waals surface area contributed by atoms with Gasteiger partial charge in [0.25, 0.3) is 5.91 Å². The molecule has 1 saturated heterocycles. The van der Waals surface area contributed by atoms with Crippen molar-refractivity contribution in [1.29, 1.82) is 5.26 Å². The number of anilines is 1. The summed E-state index contributed by atoms with van der Waals surface area (Å²) in [6.45, 7) is 0.240. The second-order valence-electron chi connectivity index (χ2n) is 9.17. The van der Waals surface area contributed by atoms with E-state index in [4.69, 9.17) is 11.5 Å². The molecule has 3 heterocycles. The molecule has 2 atom stereocenters. The first-order valence-corrected chi connectivity index (χ1v) is 12.1. The van der Waals surface area contributed by atoms with Gasteiger partial charge in [-0.2, -0.15) is 5.26 Å². The largest absolute Gasteiger partial charge is 0.394 e. The molecule has 2 aromatic carbocycles. The van der Waals surface area contributed by atoms with Crippen molar-refractivity contribution < 1.29 is 18.7 Å². The molecule has 9 nitrogen and oxygen atoms in total. The molecule has 2 aromatic heterocycles. The van der Waals surface area contributed by atoms with E-state index in [2.05, 4.69) is 21.0 Å². The fourth-order valence-corrected chi connectivity index (χ4v) is 4.91. The number of pyridine rings is 1. The van der Waals surface area contributed by atoms with Crippen molar-refractivity contribution in [3.63, 3.8) is 0 Å². The van der Waals surface area contributed by atoms with Crippen molar-refractivity contribution in [3.05, 3.63) is 83.9 Å². The quantitative estimate of drug-likeness (QED) is 0.346. The number of carbonyl (C=O) groups is 1. The fraction of sp³-hybridized carbons (Fsp3) is 0.179. The van der Waals surface area contributed by atoms with E-state index in [-0.39, 0.29) is 35.8 Å². The number of nitrogens with zero attached hydrogens (tertiary/aromatic N) is 5. The number of rotatable bonds is 6. The lowest BCUT2D eigenvalue weighted by Crippen LogP contribution is -2.33. The topological polar surface area (TPSA) is 155 Å². The molecular formula is C28H23F2N7O2. The average Bonchev–Trinajstić information content (AvgIpc) is 3.33. The second-order valence-corrected chi connectivity index (χ2v) is 9.17. The molecule has 5 N–H and O–H groups in total. The highest BCUT2D eigenvalue weighted by Crippen LogP contribution is 2.40. The summed E-state index contributed by atoms with van der Waals surface area (Å²) in [7, 11) is 0. The molecule has 0 saturated carbocycles. The SMILES string of the molecule is N#Cc1ccncc1-c1ccc(-c2cnc(-c3c(F)cccc3F)nc2C(N)=O)c(N2C[C@@H](N)C[C@H]2CO)c1. The highest BCUT2D eigenvalue weighted by Gasteiger charge is 2.32. The third-order valence-electron chi connectivity index (χ3n) is 6.72. The minimum absolute atomic E-state index is 0.168. The van der Waals surface area contributed by atoms with E-state index in [0.29, 0.717) is 40.9 Å². The Morgan fingerprint density at radius 3 is 2.59 bits per heavy atom. The summed E-state index contributed by atoms with van der Waals surface area (Å²) in [5, 5.41) is 19.7. The Morgan fingerprint density at radius 1 is 1.13 bits per heavy atom. The van der Waals surface area contributed by atoms with Gasteiger partial charge in [-0.05, 0) is 36.2 Å². The molecule has 0 radical (unpaired) electrons. The molecule has 1 aliphatic rings. The minimum atomic E-state index is -0.920. The zero-order valence-corrected chi connectivity index (χ0v) is 20.6. The van der Waals surface area contributed by atoms with Crippen LogP contribution >= 0.6 is 0 Å². The van der Waals surface area contributed by atoms with E-state index in [1.54, 1.807) is 24.4 Å². The molecule has 0 bridgehead atoms. The smallest absolute Gasteiger partial charge is 0.268 e. The van der Waals surface area contributed by atoms with Crippen LogP contribution in [0.3, 0.4) is 0 Å². The summed E-state index contributed by atoms with van der Waals surface area (Å²) in [6.07, 6.45) is 4.92. The van der Waals surface area contributed by atoms with Gasteiger partial charge in [-0.3, -0.25) is 9.78 Å². The molecule has 1 fully saturated rings. The van der Waals surface area contributed by atoms with Crippen molar-refractivity contribution in [2.24, 2.45) is 11.5 Å². The van der Waals surface area contributed by atoms with Gasteiger partial charge < -0.3 is 21.5 Å². The third-order valence-corrected chi connectivity index (χ3v) is 6.72. The summed E-state index contributed by atoms with van der Waals surface area (Å²) in [5.74, 6) is -3.02. The van der Waals surface area contributed by atoms with Gasteiger partial charge in [0.2, 0.25) is 0 Å². The molecule has 39 heavy (non-hydrogen) atoms. The first-order chi connectivity index (χ1) is 18.8. The monoisotopic (exact) mass is 527 g/mol. The van der Waals surface area contributed by atoms with E-state index in [0.717, 1.165) is 12.1 Å². The van der Waals surface area contributed by atoms with Crippen molar-refractivity contribution in [1.82, 2.24) is 15.0 Å². The van der Waals surface area contributed by atoms with Gasteiger partial charge in [0.15, 0.2) is 5.82 Å². The minimum Gasteiger partial charge on any atom is -0.394 e. The fourth-order valence-electron chi connectivity index (χ4n) is 4.91. The van der Waals surface area contributed by atoms with Gasteiger partial charge in [-0.15, -0.1) is 0 Å². The number of aromatic nitrogens is 3. The number of nitriles is 1.